The second kappa shape index (κ2) is 8.93. The van der Waals surface area contributed by atoms with Crippen LogP contribution in [0.15, 0.2) is 40.9 Å². The Kier molecular flexibility index (Phi) is 6.90. The lowest BCUT2D eigenvalue weighted by Crippen LogP contribution is -2.34. The van der Waals surface area contributed by atoms with Crippen LogP contribution in [-0.4, -0.2) is 22.5 Å². The summed E-state index contributed by atoms with van der Waals surface area (Å²) in [6, 6.07) is 8.92. The summed E-state index contributed by atoms with van der Waals surface area (Å²) >= 11 is 14.4. The minimum absolute atomic E-state index is 0.00632. The molecule has 0 aliphatic carbocycles. The van der Waals surface area contributed by atoms with Crippen LogP contribution < -0.4 is 15.4 Å². The Morgan fingerprint density at radius 1 is 1.35 bits per heavy atom. The fourth-order valence-corrected chi connectivity index (χ4v) is 2.79. The molecular formula is C16H13BrClN3O4S. The predicted octanol–water partition coefficient (Wildman–Crippen LogP) is 4.54. The molecule has 0 atom stereocenters. The Morgan fingerprint density at radius 2 is 2.08 bits per heavy atom. The molecule has 0 saturated heterocycles. The average Bonchev–Trinajstić information content (AvgIpc) is 2.58. The summed E-state index contributed by atoms with van der Waals surface area (Å²) in [6.45, 7) is 2.22. The molecule has 2 aromatic rings. The zero-order valence-electron chi connectivity index (χ0n) is 13.4. The molecule has 2 rings (SSSR count). The molecule has 2 aromatic carbocycles. The molecule has 1 amide bonds. The Balaban J connectivity index is 2.12. The topological polar surface area (TPSA) is 93.5 Å². The van der Waals surface area contributed by atoms with E-state index in [1.54, 1.807) is 18.2 Å². The number of anilines is 1. The first kappa shape index (κ1) is 20.1. The van der Waals surface area contributed by atoms with Crippen molar-refractivity contribution in [3.63, 3.8) is 0 Å². The van der Waals surface area contributed by atoms with Crippen molar-refractivity contribution in [2.24, 2.45) is 0 Å². The van der Waals surface area contributed by atoms with Crippen molar-refractivity contribution < 1.29 is 14.5 Å². The second-order valence-corrected chi connectivity index (χ2v) is 6.63. The lowest BCUT2D eigenvalue weighted by atomic mass is 10.2. The van der Waals surface area contributed by atoms with Gasteiger partial charge in [-0.1, -0.05) is 27.5 Å². The van der Waals surface area contributed by atoms with Crippen molar-refractivity contribution in [3.8, 4) is 5.75 Å². The number of nitrogens with one attached hydrogen (secondary N) is 2. The number of benzene rings is 2. The van der Waals surface area contributed by atoms with E-state index in [1.807, 2.05) is 6.92 Å². The van der Waals surface area contributed by atoms with E-state index in [4.69, 9.17) is 28.6 Å². The third-order valence-corrected chi connectivity index (χ3v) is 4.13. The van der Waals surface area contributed by atoms with E-state index < -0.39 is 10.8 Å². The van der Waals surface area contributed by atoms with E-state index in [2.05, 4.69) is 26.6 Å². The molecule has 0 aliphatic heterocycles. The van der Waals surface area contributed by atoms with Gasteiger partial charge in [0.25, 0.3) is 11.6 Å². The smallest absolute Gasteiger partial charge is 0.271 e. The Labute approximate surface area is 168 Å². The van der Waals surface area contributed by atoms with Crippen molar-refractivity contribution in [1.82, 2.24) is 5.32 Å². The quantitative estimate of drug-likeness (QED) is 0.388. The molecule has 0 unspecified atom stereocenters. The van der Waals surface area contributed by atoms with Crippen molar-refractivity contribution in [2.45, 2.75) is 6.92 Å². The molecule has 26 heavy (non-hydrogen) atoms. The highest BCUT2D eigenvalue weighted by Crippen LogP contribution is 2.27. The molecule has 2 N–H and O–H groups in total. The molecule has 136 valence electrons. The SMILES string of the molecule is CCOc1ccc(Br)cc1C(=O)NC(=S)Nc1ccc([N+](=O)[O-])cc1Cl. The van der Waals surface area contributed by atoms with Gasteiger partial charge in [0.05, 0.1) is 27.8 Å². The van der Waals surface area contributed by atoms with Gasteiger partial charge < -0.3 is 10.1 Å². The van der Waals surface area contributed by atoms with Crippen molar-refractivity contribution >= 4 is 62.1 Å². The van der Waals surface area contributed by atoms with Gasteiger partial charge >= 0.3 is 0 Å². The summed E-state index contributed by atoms with van der Waals surface area (Å²) in [5.41, 5.74) is 0.494. The molecule has 7 nitrogen and oxygen atoms in total. The monoisotopic (exact) mass is 457 g/mol. The van der Waals surface area contributed by atoms with Crippen LogP contribution in [0.25, 0.3) is 0 Å². The molecule has 0 radical (unpaired) electrons. The third kappa shape index (κ3) is 5.13. The number of halogens is 2. The van der Waals surface area contributed by atoms with Gasteiger partial charge in [-0.25, -0.2) is 0 Å². The van der Waals surface area contributed by atoms with Crippen molar-refractivity contribution in [3.05, 3.63) is 61.6 Å². The standard InChI is InChI=1S/C16H13BrClN3O4S/c1-2-25-14-6-3-9(17)7-11(14)15(22)20-16(26)19-13-5-4-10(21(23)24)8-12(13)18/h3-8H,2H2,1H3,(H2,19,20,22,26). The van der Waals surface area contributed by atoms with Crippen LogP contribution in [0.4, 0.5) is 11.4 Å². The fourth-order valence-electron chi connectivity index (χ4n) is 2.00. The summed E-state index contributed by atoms with van der Waals surface area (Å²) in [5, 5.41) is 16.1. The number of ether oxygens (including phenoxy) is 1. The molecule has 0 spiro atoms. The van der Waals surface area contributed by atoms with Gasteiger partial charge in [-0.2, -0.15) is 0 Å². The van der Waals surface area contributed by atoms with E-state index in [0.29, 0.717) is 28.1 Å². The van der Waals surface area contributed by atoms with Crippen LogP contribution in [0.1, 0.15) is 17.3 Å². The third-order valence-electron chi connectivity index (χ3n) is 3.12. The minimum Gasteiger partial charge on any atom is -0.493 e. The molecule has 0 saturated carbocycles. The number of rotatable bonds is 5. The zero-order chi connectivity index (χ0) is 19.3. The van der Waals surface area contributed by atoms with Crippen molar-refractivity contribution in [1.29, 1.82) is 0 Å². The number of hydrogen-bond donors (Lipinski definition) is 2. The first-order valence-electron chi connectivity index (χ1n) is 7.30. The highest BCUT2D eigenvalue weighted by Gasteiger charge is 2.16. The molecule has 0 aromatic heterocycles. The number of amides is 1. The van der Waals surface area contributed by atoms with Crippen LogP contribution in [0, 0.1) is 10.1 Å². The van der Waals surface area contributed by atoms with E-state index in [0.717, 1.165) is 0 Å². The first-order valence-corrected chi connectivity index (χ1v) is 8.88. The average molecular weight is 459 g/mol. The number of non-ortho nitro benzene ring substituents is 1. The van der Waals surface area contributed by atoms with Gasteiger partial charge in [-0.15, -0.1) is 0 Å². The lowest BCUT2D eigenvalue weighted by Gasteiger charge is -2.13. The summed E-state index contributed by atoms with van der Waals surface area (Å²) in [4.78, 5) is 22.6. The number of thiocarbonyl (C=S) groups is 1. The van der Waals surface area contributed by atoms with E-state index >= 15 is 0 Å². The largest absolute Gasteiger partial charge is 0.493 e. The number of nitro benzene ring substituents is 1. The van der Waals surface area contributed by atoms with E-state index in [-0.39, 0.29) is 15.8 Å². The van der Waals surface area contributed by atoms with Crippen LogP contribution in [0.3, 0.4) is 0 Å². The Bertz CT molecular complexity index is 879. The molecule has 10 heteroatoms. The maximum absolute atomic E-state index is 12.5. The minimum atomic E-state index is -0.557. The summed E-state index contributed by atoms with van der Waals surface area (Å²) in [5.74, 6) is -0.0466. The van der Waals surface area contributed by atoms with Crippen LogP contribution in [0.2, 0.25) is 5.02 Å². The van der Waals surface area contributed by atoms with Crippen LogP contribution in [-0.2, 0) is 0 Å². The van der Waals surface area contributed by atoms with Crippen molar-refractivity contribution in [2.75, 3.05) is 11.9 Å². The van der Waals surface area contributed by atoms with E-state index in [9.17, 15) is 14.9 Å². The van der Waals surface area contributed by atoms with E-state index in [1.165, 1.54) is 18.2 Å². The lowest BCUT2D eigenvalue weighted by molar-refractivity contribution is -0.384. The number of nitro groups is 1. The Hall–Kier alpha value is -2.23. The number of hydrogen-bond acceptors (Lipinski definition) is 5. The zero-order valence-corrected chi connectivity index (χ0v) is 16.6. The first-order chi connectivity index (χ1) is 12.3. The number of nitrogens with zero attached hydrogens (tertiary/aromatic N) is 1. The van der Waals surface area contributed by atoms with Gasteiger partial charge in [0, 0.05) is 16.6 Å². The van der Waals surface area contributed by atoms with Gasteiger partial charge in [-0.05, 0) is 43.4 Å². The maximum Gasteiger partial charge on any atom is 0.271 e. The molecule has 0 bridgehead atoms. The maximum atomic E-state index is 12.5. The van der Waals surface area contributed by atoms with Crippen LogP contribution in [0.5, 0.6) is 5.75 Å². The normalized spacial score (nSPS) is 10.1. The van der Waals surface area contributed by atoms with Gasteiger partial charge in [0.15, 0.2) is 5.11 Å². The predicted molar refractivity (Wildman–Crippen MR) is 107 cm³/mol. The number of carbonyl (C=O) groups excluding carboxylic acids is 1. The van der Waals surface area contributed by atoms with Crippen LogP contribution >= 0.6 is 39.7 Å². The summed E-state index contributed by atoms with van der Waals surface area (Å²) in [7, 11) is 0. The molecule has 0 fully saturated rings. The van der Waals surface area contributed by atoms with Gasteiger partial charge in [-0.3, -0.25) is 20.2 Å². The summed E-state index contributed by atoms with van der Waals surface area (Å²) in [6.07, 6.45) is 0. The Morgan fingerprint density at radius 3 is 2.69 bits per heavy atom. The fraction of sp³-hybridized carbons (Fsp3) is 0.125. The summed E-state index contributed by atoms with van der Waals surface area (Å²) < 4.78 is 6.15. The van der Waals surface area contributed by atoms with Gasteiger partial charge in [0.2, 0.25) is 0 Å². The molecular weight excluding hydrogens is 446 g/mol. The van der Waals surface area contributed by atoms with Gasteiger partial charge in [0.1, 0.15) is 5.75 Å². The molecule has 0 heterocycles. The highest BCUT2D eigenvalue weighted by atomic mass is 79.9. The highest BCUT2D eigenvalue weighted by molar-refractivity contribution is 9.10. The molecule has 0 aliphatic rings. The number of carbonyl (C=O) groups is 1. The second-order valence-electron chi connectivity index (χ2n) is 4.90.